The fourth-order valence-corrected chi connectivity index (χ4v) is 4.61. The van der Waals surface area contributed by atoms with Gasteiger partial charge in [0.1, 0.15) is 0 Å². The molecule has 0 spiro atoms. The molecule has 3 fully saturated rings. The van der Waals surface area contributed by atoms with Crippen LogP contribution in [0.5, 0.6) is 0 Å². The van der Waals surface area contributed by atoms with Crippen LogP contribution in [-0.4, -0.2) is 50.2 Å². The maximum Gasteiger partial charge on any atom is 0.223 e. The first-order valence-electron chi connectivity index (χ1n) is 9.89. The van der Waals surface area contributed by atoms with E-state index in [1.54, 1.807) is 0 Å². The topological polar surface area (TPSA) is 41.6 Å². The number of carbonyl (C=O) groups is 1. The maximum absolute atomic E-state index is 12.2. The zero-order chi connectivity index (χ0) is 15.9. The Bertz CT molecular complexity index is 362. The Hall–Kier alpha value is -0.610. The summed E-state index contributed by atoms with van der Waals surface area (Å²) < 4.78 is 5.33. The van der Waals surface area contributed by atoms with E-state index in [4.69, 9.17) is 4.74 Å². The number of rotatable bonds is 6. The lowest BCUT2D eigenvalue weighted by atomic mass is 9.93. The molecule has 1 atom stereocenters. The molecule has 1 aliphatic carbocycles. The molecule has 0 aromatic carbocycles. The van der Waals surface area contributed by atoms with Gasteiger partial charge in [-0.05, 0) is 63.3 Å². The van der Waals surface area contributed by atoms with E-state index in [0.717, 1.165) is 50.9 Å². The Morgan fingerprint density at radius 1 is 1.00 bits per heavy atom. The molecule has 2 heterocycles. The molecule has 1 amide bonds. The van der Waals surface area contributed by atoms with E-state index >= 15 is 0 Å². The Labute approximate surface area is 141 Å². The number of ether oxygens (including phenoxy) is 1. The number of amides is 1. The van der Waals surface area contributed by atoms with E-state index in [2.05, 4.69) is 10.2 Å². The van der Waals surface area contributed by atoms with Crippen LogP contribution >= 0.6 is 0 Å². The summed E-state index contributed by atoms with van der Waals surface area (Å²) in [6.07, 6.45) is 11.4. The third kappa shape index (κ3) is 5.46. The van der Waals surface area contributed by atoms with Crippen LogP contribution in [0.4, 0.5) is 0 Å². The Morgan fingerprint density at radius 2 is 1.74 bits per heavy atom. The molecule has 4 nitrogen and oxygen atoms in total. The quantitative estimate of drug-likeness (QED) is 0.817. The van der Waals surface area contributed by atoms with Crippen LogP contribution in [0.25, 0.3) is 0 Å². The van der Waals surface area contributed by atoms with Crippen molar-refractivity contribution in [2.75, 3.05) is 39.4 Å². The second-order valence-electron chi connectivity index (χ2n) is 7.88. The van der Waals surface area contributed by atoms with Crippen molar-refractivity contribution in [3.05, 3.63) is 0 Å². The molecule has 2 aliphatic heterocycles. The average Bonchev–Trinajstić information content (AvgIpc) is 3.09. The lowest BCUT2D eigenvalue weighted by molar-refractivity contribution is -0.127. The van der Waals surface area contributed by atoms with Crippen molar-refractivity contribution in [3.8, 4) is 0 Å². The zero-order valence-corrected chi connectivity index (χ0v) is 14.6. The third-order valence-corrected chi connectivity index (χ3v) is 6.04. The summed E-state index contributed by atoms with van der Waals surface area (Å²) in [5.41, 5.74) is 0. The normalized spacial score (nSPS) is 28.1. The number of hydrogen-bond acceptors (Lipinski definition) is 3. The minimum atomic E-state index is 0.189. The van der Waals surface area contributed by atoms with Crippen molar-refractivity contribution in [2.45, 2.75) is 57.8 Å². The van der Waals surface area contributed by atoms with Gasteiger partial charge >= 0.3 is 0 Å². The predicted molar refractivity (Wildman–Crippen MR) is 92.3 cm³/mol. The van der Waals surface area contributed by atoms with Gasteiger partial charge in [0.05, 0.1) is 0 Å². The SMILES string of the molecule is O=C(NCC[C@H]1CCCN(CC2CCCC2)C1)C1CCOCC1. The first-order valence-corrected chi connectivity index (χ1v) is 9.89. The van der Waals surface area contributed by atoms with Crippen molar-refractivity contribution in [3.63, 3.8) is 0 Å². The third-order valence-electron chi connectivity index (χ3n) is 6.04. The summed E-state index contributed by atoms with van der Waals surface area (Å²) >= 11 is 0. The van der Waals surface area contributed by atoms with Gasteiger partial charge < -0.3 is 15.0 Å². The fourth-order valence-electron chi connectivity index (χ4n) is 4.61. The van der Waals surface area contributed by atoms with Crippen LogP contribution in [0.1, 0.15) is 57.8 Å². The Morgan fingerprint density at radius 3 is 2.52 bits per heavy atom. The van der Waals surface area contributed by atoms with Gasteiger partial charge in [0.15, 0.2) is 0 Å². The first-order chi connectivity index (χ1) is 11.3. The summed E-state index contributed by atoms with van der Waals surface area (Å²) in [6, 6.07) is 0. The smallest absolute Gasteiger partial charge is 0.223 e. The molecule has 4 heteroatoms. The summed E-state index contributed by atoms with van der Waals surface area (Å²) in [4.78, 5) is 14.9. The fraction of sp³-hybridized carbons (Fsp3) is 0.947. The van der Waals surface area contributed by atoms with E-state index in [1.807, 2.05) is 0 Å². The van der Waals surface area contributed by atoms with Gasteiger partial charge in [0.25, 0.3) is 0 Å². The molecule has 2 saturated heterocycles. The molecule has 0 unspecified atom stereocenters. The molecule has 3 rings (SSSR count). The summed E-state index contributed by atoms with van der Waals surface area (Å²) in [5, 5.41) is 3.17. The van der Waals surface area contributed by atoms with Crippen molar-refractivity contribution in [2.24, 2.45) is 17.8 Å². The summed E-state index contributed by atoms with van der Waals surface area (Å²) in [6.45, 7) is 6.22. The van der Waals surface area contributed by atoms with E-state index in [-0.39, 0.29) is 11.8 Å². The number of likely N-dealkylation sites (tertiary alicyclic amines) is 1. The Balaban J connectivity index is 1.32. The molecule has 23 heavy (non-hydrogen) atoms. The number of carbonyl (C=O) groups excluding carboxylic acids is 1. The molecule has 1 N–H and O–H groups in total. The average molecular weight is 322 g/mol. The van der Waals surface area contributed by atoms with Gasteiger partial charge in [-0.3, -0.25) is 4.79 Å². The van der Waals surface area contributed by atoms with Crippen LogP contribution in [-0.2, 0) is 9.53 Å². The zero-order valence-electron chi connectivity index (χ0n) is 14.6. The molecular weight excluding hydrogens is 288 g/mol. The lowest BCUT2D eigenvalue weighted by Crippen LogP contribution is -2.40. The molecule has 0 bridgehead atoms. The minimum absolute atomic E-state index is 0.189. The summed E-state index contributed by atoms with van der Waals surface area (Å²) in [5.74, 6) is 2.18. The monoisotopic (exact) mass is 322 g/mol. The molecule has 1 saturated carbocycles. The first kappa shape index (κ1) is 17.2. The van der Waals surface area contributed by atoms with Gasteiger partial charge in [0, 0.05) is 38.8 Å². The largest absolute Gasteiger partial charge is 0.381 e. The van der Waals surface area contributed by atoms with Gasteiger partial charge in [-0.1, -0.05) is 12.8 Å². The molecule has 3 aliphatic rings. The molecule has 132 valence electrons. The summed E-state index contributed by atoms with van der Waals surface area (Å²) in [7, 11) is 0. The second-order valence-corrected chi connectivity index (χ2v) is 7.88. The Kier molecular flexibility index (Phi) is 6.76. The van der Waals surface area contributed by atoms with Gasteiger partial charge in [-0.2, -0.15) is 0 Å². The van der Waals surface area contributed by atoms with Crippen LogP contribution in [0, 0.1) is 17.8 Å². The number of nitrogens with one attached hydrogen (secondary N) is 1. The molecule has 0 aromatic rings. The highest BCUT2D eigenvalue weighted by molar-refractivity contribution is 5.78. The standard InChI is InChI=1S/C19H34N2O2/c22-19(18-8-12-23-13-9-18)20-10-7-17-6-3-11-21(15-17)14-16-4-1-2-5-16/h16-18H,1-15H2,(H,20,22)/t17-/m1/s1. The minimum Gasteiger partial charge on any atom is -0.381 e. The molecule has 0 radical (unpaired) electrons. The van der Waals surface area contributed by atoms with Gasteiger partial charge in [0.2, 0.25) is 5.91 Å². The van der Waals surface area contributed by atoms with E-state index < -0.39 is 0 Å². The maximum atomic E-state index is 12.2. The second kappa shape index (κ2) is 9.03. The highest BCUT2D eigenvalue weighted by Crippen LogP contribution is 2.28. The number of hydrogen-bond donors (Lipinski definition) is 1. The van der Waals surface area contributed by atoms with Crippen LogP contribution in [0.15, 0.2) is 0 Å². The number of nitrogens with zero attached hydrogens (tertiary/aromatic N) is 1. The van der Waals surface area contributed by atoms with Crippen molar-refractivity contribution >= 4 is 5.91 Å². The van der Waals surface area contributed by atoms with Crippen molar-refractivity contribution in [1.29, 1.82) is 0 Å². The van der Waals surface area contributed by atoms with E-state index in [9.17, 15) is 4.79 Å². The number of piperidine rings is 1. The molecule has 0 aromatic heterocycles. The highest BCUT2D eigenvalue weighted by atomic mass is 16.5. The van der Waals surface area contributed by atoms with Crippen LogP contribution in [0.3, 0.4) is 0 Å². The van der Waals surface area contributed by atoms with Gasteiger partial charge in [-0.25, -0.2) is 0 Å². The lowest BCUT2D eigenvalue weighted by Gasteiger charge is -2.34. The van der Waals surface area contributed by atoms with E-state index in [1.165, 1.54) is 58.2 Å². The van der Waals surface area contributed by atoms with Gasteiger partial charge in [-0.15, -0.1) is 0 Å². The van der Waals surface area contributed by atoms with E-state index in [0.29, 0.717) is 0 Å². The predicted octanol–water partition coefficient (Wildman–Crippen LogP) is 2.82. The van der Waals surface area contributed by atoms with Crippen molar-refractivity contribution < 1.29 is 9.53 Å². The highest BCUT2D eigenvalue weighted by Gasteiger charge is 2.25. The van der Waals surface area contributed by atoms with Crippen molar-refractivity contribution in [1.82, 2.24) is 10.2 Å². The van der Waals surface area contributed by atoms with Crippen LogP contribution in [0.2, 0.25) is 0 Å². The van der Waals surface area contributed by atoms with Crippen LogP contribution < -0.4 is 5.32 Å². The molecular formula is C19H34N2O2.